The number of para-hydroxylation sites is 1. The molecule has 3 aromatic rings. The third-order valence-corrected chi connectivity index (χ3v) is 4.05. The van der Waals surface area contributed by atoms with Crippen LogP contribution in [0.5, 0.6) is 0 Å². The van der Waals surface area contributed by atoms with E-state index in [0.29, 0.717) is 17.8 Å². The van der Waals surface area contributed by atoms with Crippen LogP contribution in [0.3, 0.4) is 0 Å². The highest BCUT2D eigenvalue weighted by Gasteiger charge is 2.20. The summed E-state index contributed by atoms with van der Waals surface area (Å²) in [6.07, 6.45) is 0.977. The second-order valence-electron chi connectivity index (χ2n) is 7.65. The molecule has 30 heavy (non-hydrogen) atoms. The topological polar surface area (TPSA) is 111 Å². The zero-order valence-electron chi connectivity index (χ0n) is 17.2. The number of benzene rings is 2. The Labute approximate surface area is 175 Å². The van der Waals surface area contributed by atoms with Crippen LogP contribution < -0.4 is 16.4 Å². The lowest BCUT2D eigenvalue weighted by atomic mass is 10.1. The van der Waals surface area contributed by atoms with Crippen molar-refractivity contribution in [2.24, 2.45) is 5.73 Å². The highest BCUT2D eigenvalue weighted by molar-refractivity contribution is 6.06. The maximum absolute atomic E-state index is 12.7. The number of nitrogens with one attached hydrogen (secondary N) is 2. The average Bonchev–Trinajstić information content (AvgIpc) is 3.09. The first-order valence-electron chi connectivity index (χ1n) is 9.50. The summed E-state index contributed by atoms with van der Waals surface area (Å²) in [6.45, 7) is 5.71. The fourth-order valence-corrected chi connectivity index (χ4v) is 2.66. The highest BCUT2D eigenvalue weighted by atomic mass is 16.6. The van der Waals surface area contributed by atoms with Gasteiger partial charge in [0.1, 0.15) is 11.3 Å². The average molecular weight is 407 g/mol. The number of nitrogens with two attached hydrogens (primary N) is 1. The molecule has 8 heteroatoms. The number of hydrogen-bond acceptors (Lipinski definition) is 5. The van der Waals surface area contributed by atoms with Gasteiger partial charge in [0.2, 0.25) is 0 Å². The van der Waals surface area contributed by atoms with Crippen molar-refractivity contribution in [2.45, 2.75) is 32.9 Å². The standard InChI is InChI=1S/C22H25N5O3/c1-22(2,3)30-21(29)24-18-14-27(17-7-5-4-6-8-17)26-19(18)25-20(28)16-11-9-15(13-23)10-12-16/h4-12,14H,13,23H2,1-3H3,(H,24,29)(H,25,26,28). The lowest BCUT2D eigenvalue weighted by molar-refractivity contribution is 0.0635. The number of hydrogen-bond donors (Lipinski definition) is 3. The lowest BCUT2D eigenvalue weighted by Crippen LogP contribution is -2.27. The maximum atomic E-state index is 12.7. The minimum absolute atomic E-state index is 0.206. The van der Waals surface area contributed by atoms with Gasteiger partial charge >= 0.3 is 6.09 Å². The second-order valence-corrected chi connectivity index (χ2v) is 7.65. The van der Waals surface area contributed by atoms with Crippen molar-refractivity contribution >= 4 is 23.5 Å². The summed E-state index contributed by atoms with van der Waals surface area (Å²) < 4.78 is 6.88. The maximum Gasteiger partial charge on any atom is 0.412 e. The molecule has 8 nitrogen and oxygen atoms in total. The summed E-state index contributed by atoms with van der Waals surface area (Å²) in [4.78, 5) is 24.9. The van der Waals surface area contributed by atoms with E-state index in [0.717, 1.165) is 11.3 Å². The minimum atomic E-state index is -0.659. The quantitative estimate of drug-likeness (QED) is 0.593. The summed E-state index contributed by atoms with van der Waals surface area (Å²) in [5, 5.41) is 9.83. The molecule has 0 radical (unpaired) electrons. The summed E-state index contributed by atoms with van der Waals surface area (Å²) in [6, 6.07) is 16.3. The molecule has 1 aromatic heterocycles. The van der Waals surface area contributed by atoms with E-state index in [1.807, 2.05) is 30.3 Å². The van der Waals surface area contributed by atoms with E-state index in [9.17, 15) is 9.59 Å². The second kappa shape index (κ2) is 8.79. The van der Waals surface area contributed by atoms with E-state index in [1.54, 1.807) is 55.9 Å². The van der Waals surface area contributed by atoms with E-state index in [1.165, 1.54) is 0 Å². The molecule has 0 spiro atoms. The Morgan fingerprint density at radius 3 is 2.30 bits per heavy atom. The Kier molecular flexibility index (Phi) is 6.17. The van der Waals surface area contributed by atoms with Gasteiger partial charge in [-0.25, -0.2) is 9.48 Å². The van der Waals surface area contributed by atoms with Gasteiger partial charge in [-0.1, -0.05) is 30.3 Å². The molecule has 0 aliphatic carbocycles. The molecule has 3 rings (SSSR count). The molecule has 0 atom stereocenters. The first-order chi connectivity index (χ1) is 14.2. The fourth-order valence-electron chi connectivity index (χ4n) is 2.66. The molecular formula is C22H25N5O3. The normalized spacial score (nSPS) is 11.1. The molecule has 0 saturated carbocycles. The van der Waals surface area contributed by atoms with Crippen molar-refractivity contribution in [3.05, 3.63) is 71.9 Å². The number of nitrogens with zero attached hydrogens (tertiary/aromatic N) is 2. The van der Waals surface area contributed by atoms with Gasteiger partial charge in [-0.15, -0.1) is 5.10 Å². The molecule has 0 bridgehead atoms. The number of carbonyl (C=O) groups is 2. The molecule has 1 heterocycles. The molecule has 4 N–H and O–H groups in total. The van der Waals surface area contributed by atoms with Gasteiger partial charge in [0.05, 0.1) is 11.9 Å². The smallest absolute Gasteiger partial charge is 0.412 e. The van der Waals surface area contributed by atoms with Crippen LogP contribution in [0.25, 0.3) is 5.69 Å². The first-order valence-corrected chi connectivity index (χ1v) is 9.50. The van der Waals surface area contributed by atoms with Crippen molar-refractivity contribution < 1.29 is 14.3 Å². The number of ether oxygens (including phenoxy) is 1. The minimum Gasteiger partial charge on any atom is -0.444 e. The third kappa shape index (κ3) is 5.45. The van der Waals surface area contributed by atoms with Crippen LogP contribution >= 0.6 is 0 Å². The number of rotatable bonds is 5. The van der Waals surface area contributed by atoms with Gasteiger partial charge in [-0.05, 0) is 50.6 Å². The number of anilines is 2. The summed E-state index contributed by atoms with van der Waals surface area (Å²) in [5.74, 6) is -0.151. The summed E-state index contributed by atoms with van der Waals surface area (Å²) in [5.41, 5.74) is 7.41. The molecule has 2 amide bonds. The van der Waals surface area contributed by atoms with Crippen molar-refractivity contribution in [3.63, 3.8) is 0 Å². The first kappa shape index (κ1) is 21.1. The zero-order valence-corrected chi connectivity index (χ0v) is 17.2. The van der Waals surface area contributed by atoms with Crippen molar-refractivity contribution in [1.29, 1.82) is 0 Å². The van der Waals surface area contributed by atoms with E-state index >= 15 is 0 Å². The van der Waals surface area contributed by atoms with E-state index in [-0.39, 0.29) is 11.7 Å². The molecular weight excluding hydrogens is 382 g/mol. The third-order valence-electron chi connectivity index (χ3n) is 4.05. The molecule has 156 valence electrons. The fraction of sp³-hybridized carbons (Fsp3) is 0.227. The summed E-state index contributed by atoms with van der Waals surface area (Å²) >= 11 is 0. The van der Waals surface area contributed by atoms with Gasteiger partial charge in [-0.3, -0.25) is 10.1 Å². The van der Waals surface area contributed by atoms with Crippen LogP contribution in [0.2, 0.25) is 0 Å². The predicted octanol–water partition coefficient (Wildman–Crippen LogP) is 3.93. The Morgan fingerprint density at radius 1 is 1.03 bits per heavy atom. The van der Waals surface area contributed by atoms with E-state index in [4.69, 9.17) is 10.5 Å². The van der Waals surface area contributed by atoms with Gasteiger partial charge < -0.3 is 15.8 Å². The van der Waals surface area contributed by atoms with Crippen LogP contribution in [-0.2, 0) is 11.3 Å². The SMILES string of the molecule is CC(C)(C)OC(=O)Nc1cn(-c2ccccc2)nc1NC(=O)c1ccc(CN)cc1. The number of carbonyl (C=O) groups excluding carboxylic acids is 2. The number of aromatic nitrogens is 2. The Hall–Kier alpha value is -3.65. The van der Waals surface area contributed by atoms with Crippen LogP contribution in [0.15, 0.2) is 60.8 Å². The molecule has 0 aliphatic heterocycles. The van der Waals surface area contributed by atoms with Crippen molar-refractivity contribution in [3.8, 4) is 5.69 Å². The molecule has 0 saturated heterocycles. The van der Waals surface area contributed by atoms with Gasteiger partial charge in [0.15, 0.2) is 5.82 Å². The predicted molar refractivity (Wildman–Crippen MR) is 116 cm³/mol. The molecule has 0 fully saturated rings. The van der Waals surface area contributed by atoms with E-state index < -0.39 is 11.7 Å². The Bertz CT molecular complexity index is 1020. The number of amides is 2. The lowest BCUT2D eigenvalue weighted by Gasteiger charge is -2.19. The Balaban J connectivity index is 1.87. The molecule has 0 aliphatic rings. The van der Waals surface area contributed by atoms with Crippen LogP contribution in [0.1, 0.15) is 36.7 Å². The van der Waals surface area contributed by atoms with Gasteiger partial charge in [0, 0.05) is 12.1 Å². The summed E-state index contributed by atoms with van der Waals surface area (Å²) in [7, 11) is 0. The van der Waals surface area contributed by atoms with Gasteiger partial charge in [-0.2, -0.15) is 0 Å². The van der Waals surface area contributed by atoms with Crippen LogP contribution in [0, 0.1) is 0 Å². The van der Waals surface area contributed by atoms with Crippen LogP contribution in [0.4, 0.5) is 16.3 Å². The highest BCUT2D eigenvalue weighted by Crippen LogP contribution is 2.24. The Morgan fingerprint density at radius 2 is 1.70 bits per heavy atom. The van der Waals surface area contributed by atoms with E-state index in [2.05, 4.69) is 15.7 Å². The van der Waals surface area contributed by atoms with Crippen LogP contribution in [-0.4, -0.2) is 27.4 Å². The largest absolute Gasteiger partial charge is 0.444 e. The van der Waals surface area contributed by atoms with Crippen molar-refractivity contribution in [1.82, 2.24) is 9.78 Å². The molecule has 2 aromatic carbocycles. The van der Waals surface area contributed by atoms with Gasteiger partial charge in [0.25, 0.3) is 5.91 Å². The monoisotopic (exact) mass is 407 g/mol. The van der Waals surface area contributed by atoms with Crippen molar-refractivity contribution in [2.75, 3.05) is 10.6 Å². The zero-order chi connectivity index (χ0) is 21.7. The molecule has 0 unspecified atom stereocenters.